The van der Waals surface area contributed by atoms with Crippen molar-refractivity contribution in [3.8, 4) is 0 Å². The third kappa shape index (κ3) is 3.83. The van der Waals surface area contributed by atoms with Gasteiger partial charge in [-0.1, -0.05) is 13.8 Å². The van der Waals surface area contributed by atoms with Crippen molar-refractivity contribution < 1.29 is 14.3 Å². The molecule has 0 aromatic heterocycles. The van der Waals surface area contributed by atoms with Crippen LogP contribution in [-0.2, 0) is 9.47 Å². The van der Waals surface area contributed by atoms with Crippen molar-refractivity contribution in [3.05, 3.63) is 0 Å². The van der Waals surface area contributed by atoms with E-state index in [0.29, 0.717) is 18.4 Å². The minimum Gasteiger partial charge on any atom is -0.378 e. The molecule has 2 fully saturated rings. The lowest BCUT2D eigenvalue weighted by Gasteiger charge is -2.23. The molecular weight excluding hydrogens is 244 g/mol. The summed E-state index contributed by atoms with van der Waals surface area (Å²) < 4.78 is 11.1. The summed E-state index contributed by atoms with van der Waals surface area (Å²) in [6.07, 6.45) is 2.32. The van der Waals surface area contributed by atoms with Gasteiger partial charge in [0.2, 0.25) is 0 Å². The zero-order chi connectivity index (χ0) is 13.8. The van der Waals surface area contributed by atoms with E-state index in [0.717, 1.165) is 26.1 Å². The Morgan fingerprint density at radius 1 is 1.26 bits per heavy atom. The molecule has 5 nitrogen and oxygen atoms in total. The van der Waals surface area contributed by atoms with Crippen LogP contribution in [0.1, 0.15) is 33.6 Å². The highest BCUT2D eigenvalue weighted by Gasteiger charge is 2.31. The molecule has 0 bridgehead atoms. The summed E-state index contributed by atoms with van der Waals surface area (Å²) in [5, 5.41) is 5.95. The Balaban J connectivity index is 1.71. The molecule has 19 heavy (non-hydrogen) atoms. The summed E-state index contributed by atoms with van der Waals surface area (Å²) in [6.45, 7) is 8.57. The zero-order valence-corrected chi connectivity index (χ0v) is 12.1. The minimum atomic E-state index is -0.0863. The summed E-state index contributed by atoms with van der Waals surface area (Å²) in [5.41, 5.74) is 0. The maximum absolute atomic E-state index is 11.9. The molecule has 0 aliphatic carbocycles. The number of ether oxygens (including phenoxy) is 2. The summed E-state index contributed by atoms with van der Waals surface area (Å²) >= 11 is 0. The maximum Gasteiger partial charge on any atom is 0.315 e. The first kappa shape index (κ1) is 14.6. The summed E-state index contributed by atoms with van der Waals surface area (Å²) in [5.74, 6) is 0.934. The van der Waals surface area contributed by atoms with E-state index in [2.05, 4.69) is 24.5 Å². The lowest BCUT2D eigenvalue weighted by atomic mass is 9.93. The van der Waals surface area contributed by atoms with Crippen molar-refractivity contribution in [1.82, 2.24) is 10.6 Å². The van der Waals surface area contributed by atoms with Gasteiger partial charge in [0, 0.05) is 25.7 Å². The number of carbonyl (C=O) groups excluding carboxylic acids is 1. The molecule has 2 N–H and O–H groups in total. The molecule has 0 radical (unpaired) electrons. The summed E-state index contributed by atoms with van der Waals surface area (Å²) in [7, 11) is 0. The largest absolute Gasteiger partial charge is 0.378 e. The Bertz CT molecular complexity index is 309. The number of carbonyl (C=O) groups is 1. The highest BCUT2D eigenvalue weighted by atomic mass is 16.5. The Labute approximate surface area is 115 Å². The minimum absolute atomic E-state index is 0.0863. The molecule has 4 atom stereocenters. The number of hydrogen-bond acceptors (Lipinski definition) is 3. The van der Waals surface area contributed by atoms with E-state index in [1.54, 1.807) is 0 Å². The molecule has 2 aliphatic heterocycles. The van der Waals surface area contributed by atoms with Gasteiger partial charge in [0.1, 0.15) is 0 Å². The van der Waals surface area contributed by atoms with Gasteiger partial charge in [-0.25, -0.2) is 4.79 Å². The van der Waals surface area contributed by atoms with Crippen LogP contribution in [0.3, 0.4) is 0 Å². The van der Waals surface area contributed by atoms with E-state index < -0.39 is 0 Å². The van der Waals surface area contributed by atoms with Crippen LogP contribution in [0.4, 0.5) is 4.79 Å². The van der Waals surface area contributed by atoms with Gasteiger partial charge in [0.15, 0.2) is 0 Å². The van der Waals surface area contributed by atoms with E-state index in [1.807, 2.05) is 6.92 Å². The van der Waals surface area contributed by atoms with Crippen molar-refractivity contribution in [2.45, 2.75) is 51.9 Å². The third-order valence-electron chi connectivity index (χ3n) is 4.14. The van der Waals surface area contributed by atoms with Crippen LogP contribution in [0, 0.1) is 11.8 Å². The van der Waals surface area contributed by atoms with Crippen LogP contribution in [0.25, 0.3) is 0 Å². The molecule has 0 aromatic carbocycles. The summed E-state index contributed by atoms with van der Waals surface area (Å²) in [6, 6.07) is 0.0532. The van der Waals surface area contributed by atoms with Crippen molar-refractivity contribution in [3.63, 3.8) is 0 Å². The molecule has 2 aliphatic rings. The van der Waals surface area contributed by atoms with Crippen molar-refractivity contribution >= 4 is 6.03 Å². The molecule has 110 valence electrons. The smallest absolute Gasteiger partial charge is 0.315 e. The van der Waals surface area contributed by atoms with Crippen LogP contribution < -0.4 is 10.6 Å². The Kier molecular flexibility index (Phi) is 5.05. The third-order valence-corrected chi connectivity index (χ3v) is 4.14. The van der Waals surface area contributed by atoms with E-state index in [1.165, 1.54) is 0 Å². The highest BCUT2D eigenvalue weighted by molar-refractivity contribution is 5.74. The fraction of sp³-hybridized carbons (Fsp3) is 0.929. The highest BCUT2D eigenvalue weighted by Crippen LogP contribution is 2.26. The van der Waals surface area contributed by atoms with Crippen molar-refractivity contribution in [2.24, 2.45) is 11.8 Å². The summed E-state index contributed by atoms with van der Waals surface area (Å²) in [4.78, 5) is 11.9. The van der Waals surface area contributed by atoms with Crippen LogP contribution in [0.5, 0.6) is 0 Å². The number of amides is 2. The van der Waals surface area contributed by atoms with Gasteiger partial charge in [0.05, 0.1) is 18.2 Å². The van der Waals surface area contributed by atoms with E-state index in [9.17, 15) is 4.79 Å². The first-order valence-corrected chi connectivity index (χ1v) is 7.35. The topological polar surface area (TPSA) is 59.6 Å². The van der Waals surface area contributed by atoms with Crippen molar-refractivity contribution in [2.75, 3.05) is 19.8 Å². The standard InChI is InChI=1S/C14H26N2O3/c1-9(2)13-11(4-6-19-13)8-15-14(17)16-12-5-7-18-10(12)3/h9-13H,4-8H2,1-3H3,(H2,15,16,17)/t10-,11-,12-,13-/m1/s1. The second kappa shape index (κ2) is 6.57. The Morgan fingerprint density at radius 3 is 2.63 bits per heavy atom. The lowest BCUT2D eigenvalue weighted by Crippen LogP contribution is -2.46. The average Bonchev–Trinajstić information content (AvgIpc) is 2.96. The SMILES string of the molecule is CC(C)[C@H]1OCC[C@@H]1CNC(=O)N[C@@H]1CCO[C@@H]1C. The van der Waals surface area contributed by atoms with Crippen LogP contribution in [0.15, 0.2) is 0 Å². The maximum atomic E-state index is 11.9. The molecule has 2 saturated heterocycles. The molecule has 2 amide bonds. The molecule has 5 heteroatoms. The number of urea groups is 1. The molecule has 0 unspecified atom stereocenters. The first-order chi connectivity index (χ1) is 9.08. The fourth-order valence-corrected chi connectivity index (χ4v) is 2.98. The molecule has 2 rings (SSSR count). The second-order valence-electron chi connectivity index (χ2n) is 5.95. The van der Waals surface area contributed by atoms with Gasteiger partial charge in [0.25, 0.3) is 0 Å². The van der Waals surface area contributed by atoms with Gasteiger partial charge >= 0.3 is 6.03 Å². The van der Waals surface area contributed by atoms with Gasteiger partial charge in [-0.15, -0.1) is 0 Å². The van der Waals surface area contributed by atoms with E-state index in [-0.39, 0.29) is 24.3 Å². The normalized spacial score (nSPS) is 34.7. The lowest BCUT2D eigenvalue weighted by molar-refractivity contribution is 0.0544. The fourth-order valence-electron chi connectivity index (χ4n) is 2.98. The number of nitrogens with one attached hydrogen (secondary N) is 2. The van der Waals surface area contributed by atoms with Crippen molar-refractivity contribution in [1.29, 1.82) is 0 Å². The van der Waals surface area contributed by atoms with Crippen LogP contribution in [-0.4, -0.2) is 44.0 Å². The van der Waals surface area contributed by atoms with Gasteiger partial charge in [-0.05, 0) is 25.7 Å². The molecule has 2 heterocycles. The monoisotopic (exact) mass is 270 g/mol. The molecule has 0 aromatic rings. The van der Waals surface area contributed by atoms with Gasteiger partial charge < -0.3 is 20.1 Å². The number of rotatable bonds is 4. The molecular formula is C14H26N2O3. The average molecular weight is 270 g/mol. The van der Waals surface area contributed by atoms with E-state index in [4.69, 9.17) is 9.47 Å². The quantitative estimate of drug-likeness (QED) is 0.814. The van der Waals surface area contributed by atoms with Crippen LogP contribution >= 0.6 is 0 Å². The Hall–Kier alpha value is -0.810. The zero-order valence-electron chi connectivity index (χ0n) is 12.1. The van der Waals surface area contributed by atoms with Crippen LogP contribution in [0.2, 0.25) is 0 Å². The number of hydrogen-bond donors (Lipinski definition) is 2. The first-order valence-electron chi connectivity index (χ1n) is 7.35. The molecule has 0 saturated carbocycles. The Morgan fingerprint density at radius 2 is 2.00 bits per heavy atom. The van der Waals surface area contributed by atoms with E-state index >= 15 is 0 Å². The molecule has 0 spiro atoms. The predicted molar refractivity (Wildman–Crippen MR) is 73.0 cm³/mol. The second-order valence-corrected chi connectivity index (χ2v) is 5.95. The predicted octanol–water partition coefficient (Wildman–Crippen LogP) is 1.52. The van der Waals surface area contributed by atoms with Gasteiger partial charge in [-0.2, -0.15) is 0 Å². The van der Waals surface area contributed by atoms with Gasteiger partial charge in [-0.3, -0.25) is 0 Å².